The van der Waals surface area contributed by atoms with E-state index in [4.69, 9.17) is 4.74 Å². The number of nitrogens with one attached hydrogen (secondary N) is 2. The van der Waals surface area contributed by atoms with Gasteiger partial charge in [-0.05, 0) is 50.1 Å². The number of nitrogens with zero attached hydrogens (tertiary/aromatic N) is 1. The van der Waals surface area contributed by atoms with Gasteiger partial charge in [0.25, 0.3) is 0 Å². The van der Waals surface area contributed by atoms with Gasteiger partial charge in [-0.1, -0.05) is 18.2 Å². The Morgan fingerprint density at radius 1 is 1.17 bits per heavy atom. The second-order valence-corrected chi connectivity index (χ2v) is 5.48. The van der Waals surface area contributed by atoms with Gasteiger partial charge in [-0.2, -0.15) is 0 Å². The van der Waals surface area contributed by atoms with Crippen LogP contribution in [0.15, 0.2) is 48.7 Å². The maximum atomic E-state index is 11.8. The van der Waals surface area contributed by atoms with Gasteiger partial charge >= 0.3 is 0 Å². The molecular formula is C18H23N3O2. The first-order valence-corrected chi connectivity index (χ1v) is 7.80. The molecule has 5 heteroatoms. The van der Waals surface area contributed by atoms with Crippen LogP contribution in [0.4, 0.5) is 5.82 Å². The third-order valence-corrected chi connectivity index (χ3v) is 3.13. The molecule has 0 fully saturated rings. The van der Waals surface area contributed by atoms with E-state index in [2.05, 4.69) is 15.6 Å². The van der Waals surface area contributed by atoms with E-state index in [-0.39, 0.29) is 18.6 Å². The van der Waals surface area contributed by atoms with Crippen LogP contribution in [0, 0.1) is 0 Å². The highest BCUT2D eigenvalue weighted by atomic mass is 16.5. The van der Waals surface area contributed by atoms with E-state index in [1.54, 1.807) is 6.20 Å². The van der Waals surface area contributed by atoms with Crippen molar-refractivity contribution in [3.8, 4) is 5.75 Å². The van der Waals surface area contributed by atoms with Crippen molar-refractivity contribution in [3.05, 3.63) is 54.2 Å². The summed E-state index contributed by atoms with van der Waals surface area (Å²) in [7, 11) is 0. The molecule has 0 aliphatic heterocycles. The van der Waals surface area contributed by atoms with Gasteiger partial charge in [0.1, 0.15) is 11.6 Å². The molecule has 122 valence electrons. The third-order valence-electron chi connectivity index (χ3n) is 3.13. The highest BCUT2D eigenvalue weighted by molar-refractivity contribution is 5.80. The predicted molar refractivity (Wildman–Crippen MR) is 91.6 cm³/mol. The Kier molecular flexibility index (Phi) is 6.41. The summed E-state index contributed by atoms with van der Waals surface area (Å²) in [6.07, 6.45) is 2.65. The molecule has 1 aromatic heterocycles. The molecule has 2 rings (SSSR count). The van der Waals surface area contributed by atoms with Crippen LogP contribution >= 0.6 is 0 Å². The lowest BCUT2D eigenvalue weighted by Gasteiger charge is -2.10. The zero-order valence-electron chi connectivity index (χ0n) is 13.6. The Hall–Kier alpha value is -2.56. The van der Waals surface area contributed by atoms with Gasteiger partial charge in [0.15, 0.2) is 0 Å². The molecule has 0 bridgehead atoms. The minimum absolute atomic E-state index is 0.0459. The van der Waals surface area contributed by atoms with Gasteiger partial charge in [0.05, 0.1) is 12.6 Å². The molecule has 0 radical (unpaired) electrons. The molecule has 1 amide bonds. The fourth-order valence-electron chi connectivity index (χ4n) is 2.05. The fraction of sp³-hybridized carbons (Fsp3) is 0.333. The highest BCUT2D eigenvalue weighted by Crippen LogP contribution is 2.13. The van der Waals surface area contributed by atoms with Gasteiger partial charge in [-0.3, -0.25) is 4.79 Å². The van der Waals surface area contributed by atoms with E-state index in [1.165, 1.54) is 5.56 Å². The average Bonchev–Trinajstić information content (AvgIpc) is 2.55. The summed E-state index contributed by atoms with van der Waals surface area (Å²) in [5, 5.41) is 5.87. The lowest BCUT2D eigenvalue weighted by molar-refractivity contribution is -0.119. The number of hydrogen-bond donors (Lipinski definition) is 2. The zero-order chi connectivity index (χ0) is 16.5. The molecule has 0 atom stereocenters. The van der Waals surface area contributed by atoms with E-state index in [9.17, 15) is 4.79 Å². The van der Waals surface area contributed by atoms with Crippen LogP contribution in [-0.4, -0.2) is 30.1 Å². The first-order valence-electron chi connectivity index (χ1n) is 7.80. The van der Waals surface area contributed by atoms with Crippen molar-refractivity contribution in [1.82, 2.24) is 10.3 Å². The SMILES string of the molecule is CC(C)Oc1ccc(CCNC(=O)CNc2ccccn2)cc1. The van der Waals surface area contributed by atoms with Crippen molar-refractivity contribution >= 4 is 11.7 Å². The van der Waals surface area contributed by atoms with Gasteiger partial charge in [0, 0.05) is 12.7 Å². The number of carbonyl (C=O) groups is 1. The molecule has 0 aliphatic rings. The fourth-order valence-corrected chi connectivity index (χ4v) is 2.05. The second-order valence-electron chi connectivity index (χ2n) is 5.48. The molecule has 23 heavy (non-hydrogen) atoms. The van der Waals surface area contributed by atoms with Crippen LogP contribution < -0.4 is 15.4 Å². The minimum atomic E-state index is -0.0459. The Bertz CT molecular complexity index is 597. The van der Waals surface area contributed by atoms with E-state index >= 15 is 0 Å². The lowest BCUT2D eigenvalue weighted by Crippen LogP contribution is -2.31. The molecule has 0 saturated carbocycles. The Labute approximate surface area is 137 Å². The van der Waals surface area contributed by atoms with Crippen LogP contribution in [0.5, 0.6) is 5.75 Å². The minimum Gasteiger partial charge on any atom is -0.491 e. The van der Waals surface area contributed by atoms with Crippen LogP contribution in [0.2, 0.25) is 0 Å². The van der Waals surface area contributed by atoms with E-state index < -0.39 is 0 Å². The molecule has 2 N–H and O–H groups in total. The highest BCUT2D eigenvalue weighted by Gasteiger charge is 2.02. The quantitative estimate of drug-likeness (QED) is 0.786. The number of pyridine rings is 1. The lowest BCUT2D eigenvalue weighted by atomic mass is 10.1. The molecule has 0 unspecified atom stereocenters. The molecule has 1 aromatic carbocycles. The van der Waals surface area contributed by atoms with Crippen molar-refractivity contribution in [2.75, 3.05) is 18.4 Å². The summed E-state index contributed by atoms with van der Waals surface area (Å²) in [5.74, 6) is 1.52. The van der Waals surface area contributed by atoms with Crippen LogP contribution in [0.25, 0.3) is 0 Å². The first-order chi connectivity index (χ1) is 11.1. The second kappa shape index (κ2) is 8.78. The predicted octanol–water partition coefficient (Wildman–Crippen LogP) is 2.64. The smallest absolute Gasteiger partial charge is 0.239 e. The normalized spacial score (nSPS) is 10.4. The van der Waals surface area contributed by atoms with Gasteiger partial charge in [-0.15, -0.1) is 0 Å². The van der Waals surface area contributed by atoms with Gasteiger partial charge < -0.3 is 15.4 Å². The molecule has 5 nitrogen and oxygen atoms in total. The van der Waals surface area contributed by atoms with Crippen LogP contribution in [-0.2, 0) is 11.2 Å². The first kappa shape index (κ1) is 16.8. The maximum Gasteiger partial charge on any atom is 0.239 e. The average molecular weight is 313 g/mol. The van der Waals surface area contributed by atoms with Crippen molar-refractivity contribution in [2.45, 2.75) is 26.4 Å². The van der Waals surface area contributed by atoms with E-state index in [1.807, 2.05) is 56.3 Å². The number of hydrogen-bond acceptors (Lipinski definition) is 4. The van der Waals surface area contributed by atoms with Crippen molar-refractivity contribution < 1.29 is 9.53 Å². The largest absolute Gasteiger partial charge is 0.491 e. The topological polar surface area (TPSA) is 63.2 Å². The monoisotopic (exact) mass is 313 g/mol. The maximum absolute atomic E-state index is 11.8. The van der Waals surface area contributed by atoms with Crippen molar-refractivity contribution in [2.24, 2.45) is 0 Å². The zero-order valence-corrected chi connectivity index (χ0v) is 13.6. The number of amides is 1. The summed E-state index contributed by atoms with van der Waals surface area (Å²) >= 11 is 0. The summed E-state index contributed by atoms with van der Waals surface area (Å²) in [6, 6.07) is 13.5. The number of benzene rings is 1. The molecule has 0 saturated heterocycles. The summed E-state index contributed by atoms with van der Waals surface area (Å²) in [5.41, 5.74) is 1.17. The number of rotatable bonds is 8. The Balaban J connectivity index is 1.67. The molecule has 0 aliphatic carbocycles. The molecule has 2 aromatic rings. The summed E-state index contributed by atoms with van der Waals surface area (Å²) in [6.45, 7) is 4.83. The van der Waals surface area contributed by atoms with Crippen molar-refractivity contribution in [1.29, 1.82) is 0 Å². The van der Waals surface area contributed by atoms with E-state index in [0.29, 0.717) is 12.4 Å². The Morgan fingerprint density at radius 2 is 1.96 bits per heavy atom. The van der Waals surface area contributed by atoms with Crippen molar-refractivity contribution in [3.63, 3.8) is 0 Å². The third kappa shape index (κ3) is 6.38. The van der Waals surface area contributed by atoms with Gasteiger partial charge in [0.2, 0.25) is 5.91 Å². The number of aromatic nitrogens is 1. The Morgan fingerprint density at radius 3 is 2.61 bits per heavy atom. The summed E-state index contributed by atoms with van der Waals surface area (Å²) < 4.78 is 5.60. The van der Waals surface area contributed by atoms with Crippen LogP contribution in [0.1, 0.15) is 19.4 Å². The summed E-state index contributed by atoms with van der Waals surface area (Å²) in [4.78, 5) is 15.9. The van der Waals surface area contributed by atoms with E-state index in [0.717, 1.165) is 12.2 Å². The standard InChI is InChI=1S/C18H23N3O2/c1-14(2)23-16-8-6-15(7-9-16)10-12-20-18(22)13-21-17-5-3-4-11-19-17/h3-9,11,14H,10,12-13H2,1-2H3,(H,19,21)(H,20,22). The number of ether oxygens (including phenoxy) is 1. The van der Waals surface area contributed by atoms with Crippen LogP contribution in [0.3, 0.4) is 0 Å². The number of carbonyl (C=O) groups excluding carboxylic acids is 1. The van der Waals surface area contributed by atoms with Gasteiger partial charge in [-0.25, -0.2) is 4.98 Å². The molecule has 1 heterocycles. The molecule has 0 spiro atoms. The molecular weight excluding hydrogens is 290 g/mol. The number of anilines is 1.